The predicted octanol–water partition coefficient (Wildman–Crippen LogP) is 1.56. The Kier molecular flexibility index (Phi) is 3.62. The fourth-order valence-electron chi connectivity index (χ4n) is 3.05. The van der Waals surface area contributed by atoms with E-state index in [-0.39, 0.29) is 6.73 Å². The fraction of sp³-hybridized carbons (Fsp3) is 0.600. The molecular weight excluding hydrogens is 242 g/mol. The van der Waals surface area contributed by atoms with Crippen molar-refractivity contribution in [2.45, 2.75) is 19.3 Å². The standard InChI is InChI=1S/C15H22NO3/c17-12-16(6-1-2-7-16)8-5-13-3-4-14-15(11-13)19-10-9-18-14/h3-4,11,17H,1-2,5-10,12H2/q+1. The van der Waals surface area contributed by atoms with Gasteiger partial charge in [-0.15, -0.1) is 0 Å². The van der Waals surface area contributed by atoms with Gasteiger partial charge in [0.15, 0.2) is 18.2 Å². The van der Waals surface area contributed by atoms with Crippen molar-refractivity contribution < 1.29 is 19.1 Å². The van der Waals surface area contributed by atoms with E-state index < -0.39 is 0 Å². The molecule has 0 unspecified atom stereocenters. The molecule has 0 saturated carbocycles. The summed E-state index contributed by atoms with van der Waals surface area (Å²) in [6, 6.07) is 6.19. The van der Waals surface area contributed by atoms with Crippen LogP contribution in [0.15, 0.2) is 18.2 Å². The van der Waals surface area contributed by atoms with Crippen molar-refractivity contribution in [3.63, 3.8) is 0 Å². The van der Waals surface area contributed by atoms with Gasteiger partial charge in [0, 0.05) is 19.3 Å². The smallest absolute Gasteiger partial charge is 0.180 e. The number of benzene rings is 1. The topological polar surface area (TPSA) is 38.7 Å². The number of fused-ring (bicyclic) bond motifs is 1. The van der Waals surface area contributed by atoms with Crippen LogP contribution in [0.1, 0.15) is 18.4 Å². The van der Waals surface area contributed by atoms with Crippen molar-refractivity contribution in [2.24, 2.45) is 0 Å². The molecule has 1 saturated heterocycles. The van der Waals surface area contributed by atoms with E-state index >= 15 is 0 Å². The molecule has 0 radical (unpaired) electrons. The molecule has 2 heterocycles. The Morgan fingerprint density at radius 1 is 1.05 bits per heavy atom. The number of hydrogen-bond acceptors (Lipinski definition) is 3. The van der Waals surface area contributed by atoms with E-state index in [9.17, 15) is 5.11 Å². The van der Waals surface area contributed by atoms with E-state index in [0.717, 1.165) is 42.0 Å². The van der Waals surface area contributed by atoms with Gasteiger partial charge < -0.3 is 19.1 Å². The van der Waals surface area contributed by atoms with Crippen LogP contribution in [0.5, 0.6) is 11.5 Å². The predicted molar refractivity (Wildman–Crippen MR) is 72.3 cm³/mol. The van der Waals surface area contributed by atoms with Gasteiger partial charge in [-0.1, -0.05) is 6.07 Å². The maximum Gasteiger partial charge on any atom is 0.180 e. The first-order valence-corrected chi connectivity index (χ1v) is 7.16. The summed E-state index contributed by atoms with van der Waals surface area (Å²) in [6.45, 7) is 4.77. The van der Waals surface area contributed by atoms with E-state index in [1.165, 1.54) is 18.4 Å². The van der Waals surface area contributed by atoms with Crippen LogP contribution >= 0.6 is 0 Å². The third-order valence-corrected chi connectivity index (χ3v) is 4.30. The molecule has 2 aliphatic heterocycles. The molecule has 19 heavy (non-hydrogen) atoms. The van der Waals surface area contributed by atoms with Crippen molar-refractivity contribution in [1.82, 2.24) is 0 Å². The first-order chi connectivity index (χ1) is 9.31. The lowest BCUT2D eigenvalue weighted by Gasteiger charge is -2.31. The maximum atomic E-state index is 9.61. The van der Waals surface area contributed by atoms with Gasteiger partial charge in [0.05, 0.1) is 19.6 Å². The van der Waals surface area contributed by atoms with Crippen LogP contribution in [0, 0.1) is 0 Å². The van der Waals surface area contributed by atoms with Gasteiger partial charge in [-0.2, -0.15) is 0 Å². The van der Waals surface area contributed by atoms with E-state index in [2.05, 4.69) is 12.1 Å². The van der Waals surface area contributed by atoms with Crippen LogP contribution in [-0.4, -0.2) is 49.2 Å². The van der Waals surface area contributed by atoms with Crippen molar-refractivity contribution >= 4 is 0 Å². The third-order valence-electron chi connectivity index (χ3n) is 4.30. The number of aliphatic hydroxyl groups is 1. The Morgan fingerprint density at radius 2 is 1.79 bits per heavy atom. The zero-order chi connectivity index (χ0) is 13.1. The van der Waals surface area contributed by atoms with Gasteiger partial charge in [0.25, 0.3) is 0 Å². The molecule has 1 N–H and O–H groups in total. The maximum absolute atomic E-state index is 9.61. The molecule has 4 heteroatoms. The molecule has 1 fully saturated rings. The Morgan fingerprint density at radius 3 is 2.53 bits per heavy atom. The molecule has 1 aromatic rings. The third kappa shape index (κ3) is 2.69. The fourth-order valence-corrected chi connectivity index (χ4v) is 3.05. The van der Waals surface area contributed by atoms with Crippen LogP contribution in [-0.2, 0) is 6.42 Å². The van der Waals surface area contributed by atoms with Gasteiger partial charge in [-0.25, -0.2) is 0 Å². The quantitative estimate of drug-likeness (QED) is 0.839. The minimum atomic E-state index is 0.268. The summed E-state index contributed by atoms with van der Waals surface area (Å²) >= 11 is 0. The molecular formula is C15H22NO3+. The van der Waals surface area contributed by atoms with E-state index in [1.807, 2.05) is 6.07 Å². The molecule has 0 aliphatic carbocycles. The largest absolute Gasteiger partial charge is 0.486 e. The first-order valence-electron chi connectivity index (χ1n) is 7.16. The molecule has 0 aromatic heterocycles. The van der Waals surface area contributed by atoms with E-state index in [1.54, 1.807) is 0 Å². The van der Waals surface area contributed by atoms with Crippen LogP contribution in [0.25, 0.3) is 0 Å². The number of ether oxygens (including phenoxy) is 2. The molecule has 0 spiro atoms. The van der Waals surface area contributed by atoms with Crippen LogP contribution < -0.4 is 9.47 Å². The van der Waals surface area contributed by atoms with E-state index in [4.69, 9.17) is 9.47 Å². The average molecular weight is 264 g/mol. The van der Waals surface area contributed by atoms with Crippen molar-refractivity contribution in [2.75, 3.05) is 39.6 Å². The first kappa shape index (κ1) is 12.8. The molecule has 2 aliphatic rings. The lowest BCUT2D eigenvalue weighted by Crippen LogP contribution is -2.47. The molecule has 4 nitrogen and oxygen atoms in total. The molecule has 0 amide bonds. The summed E-state index contributed by atoms with van der Waals surface area (Å²) in [5.41, 5.74) is 1.27. The minimum Gasteiger partial charge on any atom is -0.486 e. The second-order valence-electron chi connectivity index (χ2n) is 5.59. The molecule has 0 bridgehead atoms. The Hall–Kier alpha value is -1.26. The summed E-state index contributed by atoms with van der Waals surface area (Å²) < 4.78 is 12.0. The van der Waals surface area contributed by atoms with E-state index in [0.29, 0.717) is 13.2 Å². The SMILES string of the molecule is OC[N+]1(CCc2ccc3c(c2)OCCO3)CCCC1. The van der Waals surface area contributed by atoms with Crippen molar-refractivity contribution in [1.29, 1.82) is 0 Å². The lowest BCUT2D eigenvalue weighted by atomic mass is 10.1. The number of rotatable bonds is 4. The van der Waals surface area contributed by atoms with Gasteiger partial charge in [-0.3, -0.25) is 0 Å². The zero-order valence-electron chi connectivity index (χ0n) is 11.3. The lowest BCUT2D eigenvalue weighted by molar-refractivity contribution is -0.934. The number of aliphatic hydroxyl groups excluding tert-OH is 1. The number of nitrogens with zero attached hydrogens (tertiary/aromatic N) is 1. The van der Waals surface area contributed by atoms with Crippen LogP contribution in [0.4, 0.5) is 0 Å². The van der Waals surface area contributed by atoms with Gasteiger partial charge in [0.1, 0.15) is 13.2 Å². The van der Waals surface area contributed by atoms with Crippen molar-refractivity contribution in [3.8, 4) is 11.5 Å². The summed E-state index contributed by atoms with van der Waals surface area (Å²) in [7, 11) is 0. The van der Waals surface area contributed by atoms with Crippen LogP contribution in [0.2, 0.25) is 0 Å². The molecule has 3 rings (SSSR count). The normalized spacial score (nSPS) is 20.5. The zero-order valence-corrected chi connectivity index (χ0v) is 11.3. The second kappa shape index (κ2) is 5.39. The molecule has 1 aromatic carbocycles. The Bertz CT molecular complexity index is 441. The highest BCUT2D eigenvalue weighted by Crippen LogP contribution is 2.31. The summed E-state index contributed by atoms with van der Waals surface area (Å²) in [6.07, 6.45) is 3.46. The average Bonchev–Trinajstić information content (AvgIpc) is 2.94. The summed E-state index contributed by atoms with van der Waals surface area (Å²) in [5.74, 6) is 1.71. The number of likely N-dealkylation sites (tertiary alicyclic amines) is 1. The van der Waals surface area contributed by atoms with Gasteiger partial charge >= 0.3 is 0 Å². The monoisotopic (exact) mass is 264 g/mol. The highest BCUT2D eigenvalue weighted by molar-refractivity contribution is 5.43. The van der Waals surface area contributed by atoms with Gasteiger partial charge in [-0.05, 0) is 17.7 Å². The number of quaternary nitrogens is 1. The molecule has 0 atom stereocenters. The second-order valence-corrected chi connectivity index (χ2v) is 5.59. The Labute approximate surface area is 114 Å². The molecule has 104 valence electrons. The summed E-state index contributed by atoms with van der Waals surface area (Å²) in [5, 5.41) is 9.61. The van der Waals surface area contributed by atoms with Crippen LogP contribution in [0.3, 0.4) is 0 Å². The summed E-state index contributed by atoms with van der Waals surface area (Å²) in [4.78, 5) is 0. The number of hydrogen-bond donors (Lipinski definition) is 1. The highest BCUT2D eigenvalue weighted by atomic mass is 16.6. The highest BCUT2D eigenvalue weighted by Gasteiger charge is 2.30. The van der Waals surface area contributed by atoms with Crippen molar-refractivity contribution in [3.05, 3.63) is 23.8 Å². The minimum absolute atomic E-state index is 0.268. The van der Waals surface area contributed by atoms with Gasteiger partial charge in [0.2, 0.25) is 0 Å². The Balaban J connectivity index is 1.66.